The Hall–Kier alpha value is -2.67. The lowest BCUT2D eigenvalue weighted by Crippen LogP contribution is -2.33. The number of carbonyl (C=O) groups excluding carboxylic acids is 1. The van der Waals surface area contributed by atoms with Gasteiger partial charge in [-0.15, -0.1) is 0 Å². The summed E-state index contributed by atoms with van der Waals surface area (Å²) in [6.07, 6.45) is 0.222. The van der Waals surface area contributed by atoms with Gasteiger partial charge in [-0.2, -0.15) is 0 Å². The maximum atomic E-state index is 11.2. The van der Waals surface area contributed by atoms with Crippen molar-refractivity contribution < 1.29 is 18.9 Å². The molecule has 0 aliphatic rings. The average Bonchev–Trinajstić information content (AvgIpc) is 2.94. The van der Waals surface area contributed by atoms with E-state index in [-0.39, 0.29) is 12.1 Å². The van der Waals surface area contributed by atoms with Gasteiger partial charge in [0.1, 0.15) is 17.6 Å². The van der Waals surface area contributed by atoms with Crippen LogP contribution in [0.2, 0.25) is 0 Å². The number of hydrogen-bond donors (Lipinski definition) is 1. The van der Waals surface area contributed by atoms with E-state index in [9.17, 15) is 14.9 Å². The van der Waals surface area contributed by atoms with Crippen LogP contribution in [0.4, 0.5) is 5.69 Å². The molecule has 2 aromatic rings. The quantitative estimate of drug-likeness (QED) is 0.511. The SMILES string of the molecule is COC(=O)C(N)Cc1ccc(-c2ccc([N+](=O)[O-])cc2)o1. The lowest BCUT2D eigenvalue weighted by molar-refractivity contribution is -0.384. The smallest absolute Gasteiger partial charge is 0.323 e. The lowest BCUT2D eigenvalue weighted by atomic mass is 10.1. The van der Waals surface area contributed by atoms with E-state index < -0.39 is 16.9 Å². The Morgan fingerprint density at radius 3 is 2.57 bits per heavy atom. The summed E-state index contributed by atoms with van der Waals surface area (Å²) < 4.78 is 10.1. The largest absolute Gasteiger partial charge is 0.468 e. The van der Waals surface area contributed by atoms with E-state index in [1.807, 2.05) is 0 Å². The minimum absolute atomic E-state index is 0.0123. The van der Waals surface area contributed by atoms with Crippen LogP contribution in [0.15, 0.2) is 40.8 Å². The van der Waals surface area contributed by atoms with E-state index in [1.165, 1.54) is 19.2 Å². The van der Waals surface area contributed by atoms with E-state index in [0.717, 1.165) is 0 Å². The van der Waals surface area contributed by atoms with E-state index in [4.69, 9.17) is 10.2 Å². The van der Waals surface area contributed by atoms with Crippen LogP contribution in [0.3, 0.4) is 0 Å². The highest BCUT2D eigenvalue weighted by molar-refractivity contribution is 5.75. The zero-order valence-corrected chi connectivity index (χ0v) is 11.3. The molecule has 0 amide bonds. The van der Waals surface area contributed by atoms with Gasteiger partial charge in [0.05, 0.1) is 12.0 Å². The molecule has 1 unspecified atom stereocenters. The standard InChI is InChI=1S/C14H14N2O5/c1-20-14(17)12(15)8-11-6-7-13(21-11)9-2-4-10(5-3-9)16(18)19/h2-7,12H,8,15H2,1H3. The van der Waals surface area contributed by atoms with Gasteiger partial charge in [0.2, 0.25) is 0 Å². The zero-order valence-electron chi connectivity index (χ0n) is 11.3. The highest BCUT2D eigenvalue weighted by atomic mass is 16.6. The molecule has 7 nitrogen and oxygen atoms in total. The van der Waals surface area contributed by atoms with Crippen LogP contribution in [0, 0.1) is 10.1 Å². The Morgan fingerprint density at radius 1 is 1.33 bits per heavy atom. The van der Waals surface area contributed by atoms with Crippen molar-refractivity contribution in [2.24, 2.45) is 5.73 Å². The molecule has 1 heterocycles. The fourth-order valence-corrected chi connectivity index (χ4v) is 1.84. The Labute approximate surface area is 120 Å². The van der Waals surface area contributed by atoms with Gasteiger partial charge in [0.25, 0.3) is 5.69 Å². The number of non-ortho nitro benzene ring substituents is 1. The molecule has 2 rings (SSSR count). The molecule has 0 aliphatic heterocycles. The number of nitrogens with two attached hydrogens (primary N) is 1. The topological polar surface area (TPSA) is 109 Å². The summed E-state index contributed by atoms with van der Waals surface area (Å²) in [5, 5.41) is 10.6. The van der Waals surface area contributed by atoms with Crippen LogP contribution in [0.25, 0.3) is 11.3 Å². The fourth-order valence-electron chi connectivity index (χ4n) is 1.84. The number of methoxy groups -OCH3 is 1. The molecule has 2 N–H and O–H groups in total. The van der Waals surface area contributed by atoms with Gasteiger partial charge >= 0.3 is 5.97 Å². The van der Waals surface area contributed by atoms with E-state index in [0.29, 0.717) is 17.1 Å². The van der Waals surface area contributed by atoms with Gasteiger partial charge in [0, 0.05) is 24.1 Å². The van der Waals surface area contributed by atoms with Crippen molar-refractivity contribution in [3.63, 3.8) is 0 Å². The van der Waals surface area contributed by atoms with Crippen molar-refractivity contribution in [1.82, 2.24) is 0 Å². The van der Waals surface area contributed by atoms with Gasteiger partial charge in [-0.05, 0) is 24.3 Å². The first-order valence-electron chi connectivity index (χ1n) is 6.18. The molecule has 110 valence electrons. The number of nitro benzene ring substituents is 1. The van der Waals surface area contributed by atoms with Crippen LogP contribution < -0.4 is 5.73 Å². The third-order valence-corrected chi connectivity index (χ3v) is 2.95. The van der Waals surface area contributed by atoms with Crippen LogP contribution >= 0.6 is 0 Å². The van der Waals surface area contributed by atoms with E-state index >= 15 is 0 Å². The number of benzene rings is 1. The number of ether oxygens (including phenoxy) is 1. The molecule has 0 spiro atoms. The molecule has 0 saturated carbocycles. The van der Waals surface area contributed by atoms with Crippen molar-refractivity contribution in [1.29, 1.82) is 0 Å². The predicted molar refractivity (Wildman–Crippen MR) is 74.5 cm³/mol. The molecule has 1 aromatic carbocycles. The maximum absolute atomic E-state index is 11.2. The Bertz CT molecular complexity index is 648. The Kier molecular flexibility index (Phi) is 4.34. The van der Waals surface area contributed by atoms with Gasteiger partial charge in [-0.25, -0.2) is 0 Å². The molecule has 1 aromatic heterocycles. The monoisotopic (exact) mass is 290 g/mol. The molecule has 0 fully saturated rings. The van der Waals surface area contributed by atoms with Gasteiger partial charge in [-0.3, -0.25) is 14.9 Å². The van der Waals surface area contributed by atoms with E-state index in [2.05, 4.69) is 4.74 Å². The van der Waals surface area contributed by atoms with Crippen LogP contribution in [-0.2, 0) is 16.0 Å². The Balaban J connectivity index is 2.12. The first-order chi connectivity index (χ1) is 10.0. The molecule has 0 bridgehead atoms. The second kappa shape index (κ2) is 6.19. The fraction of sp³-hybridized carbons (Fsp3) is 0.214. The molecule has 21 heavy (non-hydrogen) atoms. The van der Waals surface area contributed by atoms with Gasteiger partial charge < -0.3 is 14.9 Å². The predicted octanol–water partition coefficient (Wildman–Crippen LogP) is 1.90. The van der Waals surface area contributed by atoms with Crippen LogP contribution in [-0.4, -0.2) is 24.0 Å². The first kappa shape index (κ1) is 14.7. The number of hydrogen-bond acceptors (Lipinski definition) is 6. The third-order valence-electron chi connectivity index (χ3n) is 2.95. The van der Waals surface area contributed by atoms with Crippen LogP contribution in [0.5, 0.6) is 0 Å². The van der Waals surface area contributed by atoms with Crippen molar-refractivity contribution in [2.45, 2.75) is 12.5 Å². The Morgan fingerprint density at radius 2 is 2.00 bits per heavy atom. The molecular weight excluding hydrogens is 276 g/mol. The zero-order chi connectivity index (χ0) is 15.4. The van der Waals surface area contributed by atoms with Crippen molar-refractivity contribution in [3.05, 3.63) is 52.3 Å². The number of carbonyl (C=O) groups is 1. The normalized spacial score (nSPS) is 11.9. The summed E-state index contributed by atoms with van der Waals surface area (Å²) in [6.45, 7) is 0. The number of rotatable bonds is 5. The highest BCUT2D eigenvalue weighted by Gasteiger charge is 2.17. The first-order valence-corrected chi connectivity index (χ1v) is 6.18. The average molecular weight is 290 g/mol. The second-order valence-electron chi connectivity index (χ2n) is 4.40. The summed E-state index contributed by atoms with van der Waals surface area (Å²) >= 11 is 0. The number of esters is 1. The lowest BCUT2D eigenvalue weighted by Gasteiger charge is -2.06. The minimum atomic E-state index is -0.786. The minimum Gasteiger partial charge on any atom is -0.468 e. The maximum Gasteiger partial charge on any atom is 0.323 e. The molecule has 0 saturated heterocycles. The molecular formula is C14H14N2O5. The second-order valence-corrected chi connectivity index (χ2v) is 4.40. The number of nitro groups is 1. The van der Waals surface area contributed by atoms with Crippen molar-refractivity contribution in [2.75, 3.05) is 7.11 Å². The van der Waals surface area contributed by atoms with Gasteiger partial charge in [0.15, 0.2) is 0 Å². The van der Waals surface area contributed by atoms with Crippen molar-refractivity contribution in [3.8, 4) is 11.3 Å². The summed E-state index contributed by atoms with van der Waals surface area (Å²) in [5.74, 6) is 0.585. The molecule has 7 heteroatoms. The van der Waals surface area contributed by atoms with Crippen LogP contribution in [0.1, 0.15) is 5.76 Å². The summed E-state index contributed by atoms with van der Waals surface area (Å²) in [4.78, 5) is 21.4. The molecule has 0 aliphatic carbocycles. The number of furan rings is 1. The van der Waals surface area contributed by atoms with Crippen molar-refractivity contribution >= 4 is 11.7 Å². The highest BCUT2D eigenvalue weighted by Crippen LogP contribution is 2.24. The summed E-state index contributed by atoms with van der Waals surface area (Å²) in [7, 11) is 1.27. The molecule has 0 radical (unpaired) electrons. The number of nitrogens with zero attached hydrogens (tertiary/aromatic N) is 1. The van der Waals surface area contributed by atoms with E-state index in [1.54, 1.807) is 24.3 Å². The molecule has 1 atom stereocenters. The summed E-state index contributed by atoms with van der Waals surface area (Å²) in [5.41, 5.74) is 6.37. The third kappa shape index (κ3) is 3.46. The van der Waals surface area contributed by atoms with Gasteiger partial charge in [-0.1, -0.05) is 0 Å². The summed E-state index contributed by atoms with van der Waals surface area (Å²) in [6, 6.07) is 8.64.